The molecule has 6 nitrogen and oxygen atoms in total. The molecule has 0 aliphatic carbocycles. The van der Waals surface area contributed by atoms with E-state index < -0.39 is 10.7 Å². The minimum atomic E-state index is -0.647. The SMILES string of the molecule is Nc1cccc(COc2cc(F)c(Br)cc2[N+](=O)[O-])n1. The summed E-state index contributed by atoms with van der Waals surface area (Å²) in [5, 5.41) is 10.9. The Bertz CT molecular complexity index is 666. The number of rotatable bonds is 4. The molecular formula is C12H9BrFN3O3. The second kappa shape index (κ2) is 5.83. The number of ether oxygens (including phenoxy) is 1. The van der Waals surface area contributed by atoms with Crippen LogP contribution in [0.4, 0.5) is 15.9 Å². The molecule has 1 heterocycles. The lowest BCUT2D eigenvalue weighted by atomic mass is 10.3. The first kappa shape index (κ1) is 14.2. The maximum Gasteiger partial charge on any atom is 0.312 e. The van der Waals surface area contributed by atoms with Crippen LogP contribution >= 0.6 is 15.9 Å². The van der Waals surface area contributed by atoms with Gasteiger partial charge in [-0.1, -0.05) is 6.07 Å². The van der Waals surface area contributed by atoms with Crippen molar-refractivity contribution in [3.63, 3.8) is 0 Å². The van der Waals surface area contributed by atoms with Crippen molar-refractivity contribution in [3.05, 3.63) is 56.4 Å². The summed E-state index contributed by atoms with van der Waals surface area (Å²) in [6, 6.07) is 6.94. The predicted molar refractivity (Wildman–Crippen MR) is 73.7 cm³/mol. The fourth-order valence-electron chi connectivity index (χ4n) is 1.51. The molecule has 20 heavy (non-hydrogen) atoms. The van der Waals surface area contributed by atoms with E-state index in [1.54, 1.807) is 18.2 Å². The Morgan fingerprint density at radius 3 is 2.85 bits per heavy atom. The minimum absolute atomic E-state index is 0.00127. The van der Waals surface area contributed by atoms with Crippen molar-refractivity contribution < 1.29 is 14.1 Å². The predicted octanol–water partition coefficient (Wildman–Crippen LogP) is 3.05. The van der Waals surface area contributed by atoms with Crippen LogP contribution in [0.15, 0.2) is 34.8 Å². The van der Waals surface area contributed by atoms with E-state index in [1.165, 1.54) is 0 Å². The van der Waals surface area contributed by atoms with Crippen LogP contribution in [0.1, 0.15) is 5.69 Å². The Kier molecular flexibility index (Phi) is 4.14. The molecule has 0 aliphatic heterocycles. The van der Waals surface area contributed by atoms with Gasteiger partial charge in [0.15, 0.2) is 0 Å². The highest BCUT2D eigenvalue weighted by molar-refractivity contribution is 9.10. The molecule has 0 amide bonds. The van der Waals surface area contributed by atoms with E-state index in [1.807, 2.05) is 0 Å². The Labute approximate surface area is 121 Å². The average molecular weight is 342 g/mol. The third-order valence-electron chi connectivity index (χ3n) is 2.40. The molecule has 0 atom stereocenters. The third-order valence-corrected chi connectivity index (χ3v) is 3.01. The van der Waals surface area contributed by atoms with E-state index in [0.717, 1.165) is 12.1 Å². The van der Waals surface area contributed by atoms with Crippen molar-refractivity contribution in [2.45, 2.75) is 6.61 Å². The molecule has 0 spiro atoms. The average Bonchev–Trinajstić information content (AvgIpc) is 2.39. The van der Waals surface area contributed by atoms with Gasteiger partial charge in [-0.25, -0.2) is 9.37 Å². The lowest BCUT2D eigenvalue weighted by molar-refractivity contribution is -0.386. The number of hydrogen-bond acceptors (Lipinski definition) is 5. The Morgan fingerprint density at radius 1 is 1.45 bits per heavy atom. The summed E-state index contributed by atoms with van der Waals surface area (Å²) in [7, 11) is 0. The number of nitrogen functional groups attached to an aromatic ring is 1. The van der Waals surface area contributed by atoms with E-state index in [4.69, 9.17) is 10.5 Å². The number of aromatic nitrogens is 1. The Morgan fingerprint density at radius 2 is 2.20 bits per heavy atom. The molecule has 2 aromatic rings. The standard InChI is InChI=1S/C12H9BrFN3O3/c13-8-4-10(17(18)19)11(5-9(8)14)20-6-7-2-1-3-12(15)16-7/h1-5H,6H2,(H2,15,16). The van der Waals surface area contributed by atoms with Crippen LogP contribution in [0.5, 0.6) is 5.75 Å². The topological polar surface area (TPSA) is 91.3 Å². The van der Waals surface area contributed by atoms with Gasteiger partial charge in [0.1, 0.15) is 18.2 Å². The molecule has 1 aromatic heterocycles. The number of pyridine rings is 1. The van der Waals surface area contributed by atoms with Gasteiger partial charge in [0.05, 0.1) is 15.1 Å². The maximum atomic E-state index is 13.4. The highest BCUT2D eigenvalue weighted by Gasteiger charge is 2.19. The summed E-state index contributed by atoms with van der Waals surface area (Å²) in [5.74, 6) is -0.506. The van der Waals surface area contributed by atoms with Gasteiger partial charge in [-0.3, -0.25) is 10.1 Å². The van der Waals surface area contributed by atoms with Crippen LogP contribution in [-0.2, 0) is 6.61 Å². The number of hydrogen-bond donors (Lipinski definition) is 1. The summed E-state index contributed by atoms with van der Waals surface area (Å²) in [4.78, 5) is 14.2. The second-order valence-corrected chi connectivity index (χ2v) is 4.69. The summed E-state index contributed by atoms with van der Waals surface area (Å²) >= 11 is 2.89. The highest BCUT2D eigenvalue weighted by Crippen LogP contribution is 2.32. The van der Waals surface area contributed by atoms with Gasteiger partial charge >= 0.3 is 5.69 Å². The molecule has 0 unspecified atom stereocenters. The molecular weight excluding hydrogens is 333 g/mol. The van der Waals surface area contributed by atoms with E-state index in [2.05, 4.69) is 20.9 Å². The van der Waals surface area contributed by atoms with Crippen LogP contribution in [0.3, 0.4) is 0 Å². The Hall–Kier alpha value is -2.22. The summed E-state index contributed by atoms with van der Waals surface area (Å²) in [5.41, 5.74) is 5.67. The van der Waals surface area contributed by atoms with Gasteiger partial charge in [-0.05, 0) is 28.1 Å². The van der Waals surface area contributed by atoms with Crippen LogP contribution in [-0.4, -0.2) is 9.91 Å². The molecule has 0 aliphatic rings. The second-order valence-electron chi connectivity index (χ2n) is 3.83. The molecule has 0 saturated carbocycles. The number of nitrogens with two attached hydrogens (primary N) is 1. The molecule has 1 aromatic carbocycles. The lowest BCUT2D eigenvalue weighted by Crippen LogP contribution is -2.03. The molecule has 0 fully saturated rings. The molecule has 2 N–H and O–H groups in total. The zero-order valence-electron chi connectivity index (χ0n) is 10.0. The van der Waals surface area contributed by atoms with Crippen molar-refractivity contribution in [2.75, 3.05) is 5.73 Å². The summed E-state index contributed by atoms with van der Waals surface area (Å²) in [6.45, 7) is -0.0487. The van der Waals surface area contributed by atoms with E-state index in [-0.39, 0.29) is 22.5 Å². The molecule has 0 saturated heterocycles. The van der Waals surface area contributed by atoms with Gasteiger partial charge in [-0.2, -0.15) is 0 Å². The van der Waals surface area contributed by atoms with Crippen molar-refractivity contribution in [3.8, 4) is 5.75 Å². The van der Waals surface area contributed by atoms with E-state index in [9.17, 15) is 14.5 Å². The zero-order chi connectivity index (χ0) is 14.7. The van der Waals surface area contributed by atoms with Gasteiger partial charge in [-0.15, -0.1) is 0 Å². The largest absolute Gasteiger partial charge is 0.480 e. The number of halogens is 2. The van der Waals surface area contributed by atoms with Crippen molar-refractivity contribution in [2.24, 2.45) is 0 Å². The maximum absolute atomic E-state index is 13.4. The first-order valence-electron chi connectivity index (χ1n) is 5.45. The third kappa shape index (κ3) is 3.21. The lowest BCUT2D eigenvalue weighted by Gasteiger charge is -2.07. The zero-order valence-corrected chi connectivity index (χ0v) is 11.6. The number of benzene rings is 1. The highest BCUT2D eigenvalue weighted by atomic mass is 79.9. The number of nitro groups is 1. The molecule has 8 heteroatoms. The minimum Gasteiger partial charge on any atom is -0.480 e. The fraction of sp³-hybridized carbons (Fsp3) is 0.0833. The number of anilines is 1. The van der Waals surface area contributed by atoms with Gasteiger partial charge < -0.3 is 10.5 Å². The van der Waals surface area contributed by atoms with Crippen molar-refractivity contribution in [1.82, 2.24) is 4.98 Å². The van der Waals surface area contributed by atoms with E-state index >= 15 is 0 Å². The molecule has 0 radical (unpaired) electrons. The first-order valence-corrected chi connectivity index (χ1v) is 6.24. The number of nitro benzene ring substituents is 1. The summed E-state index contributed by atoms with van der Waals surface area (Å²) in [6.07, 6.45) is 0. The monoisotopic (exact) mass is 341 g/mol. The van der Waals surface area contributed by atoms with Crippen LogP contribution in [0.25, 0.3) is 0 Å². The van der Waals surface area contributed by atoms with Gasteiger partial charge in [0.2, 0.25) is 5.75 Å². The van der Waals surface area contributed by atoms with Crippen LogP contribution in [0, 0.1) is 15.9 Å². The first-order chi connectivity index (χ1) is 9.47. The van der Waals surface area contributed by atoms with Crippen LogP contribution in [0.2, 0.25) is 0 Å². The molecule has 2 rings (SSSR count). The van der Waals surface area contributed by atoms with Crippen molar-refractivity contribution in [1.29, 1.82) is 0 Å². The van der Waals surface area contributed by atoms with Crippen molar-refractivity contribution >= 4 is 27.4 Å². The Balaban J connectivity index is 2.24. The molecule has 104 valence electrons. The number of nitrogens with zero attached hydrogens (tertiary/aromatic N) is 2. The van der Waals surface area contributed by atoms with Gasteiger partial charge in [0, 0.05) is 12.1 Å². The van der Waals surface area contributed by atoms with E-state index in [0.29, 0.717) is 11.5 Å². The quantitative estimate of drug-likeness (QED) is 0.681. The van der Waals surface area contributed by atoms with Gasteiger partial charge in [0.25, 0.3) is 0 Å². The fourth-order valence-corrected chi connectivity index (χ4v) is 1.84. The molecule has 0 bridgehead atoms. The smallest absolute Gasteiger partial charge is 0.312 e. The summed E-state index contributed by atoms with van der Waals surface area (Å²) < 4.78 is 18.7. The normalized spacial score (nSPS) is 10.3. The van der Waals surface area contributed by atoms with Crippen LogP contribution < -0.4 is 10.5 Å².